The summed E-state index contributed by atoms with van der Waals surface area (Å²) in [5.74, 6) is 0.651. The molecule has 2 heterocycles. The Labute approximate surface area is 117 Å². The van der Waals surface area contributed by atoms with E-state index >= 15 is 0 Å². The van der Waals surface area contributed by atoms with Crippen LogP contribution in [0.3, 0.4) is 0 Å². The minimum absolute atomic E-state index is 0.118. The van der Waals surface area contributed by atoms with E-state index in [-0.39, 0.29) is 24.2 Å². The highest BCUT2D eigenvalue weighted by molar-refractivity contribution is 9.10. The van der Waals surface area contributed by atoms with Crippen LogP contribution in [0.25, 0.3) is 0 Å². The van der Waals surface area contributed by atoms with Gasteiger partial charge in [0.25, 0.3) is 16.0 Å². The summed E-state index contributed by atoms with van der Waals surface area (Å²) >= 11 is 9.02. The van der Waals surface area contributed by atoms with E-state index in [1.807, 2.05) is 0 Å². The molecule has 9 heteroatoms. The van der Waals surface area contributed by atoms with Crippen LogP contribution in [0.1, 0.15) is 0 Å². The van der Waals surface area contributed by atoms with Gasteiger partial charge >= 0.3 is 0 Å². The van der Waals surface area contributed by atoms with Crippen molar-refractivity contribution >= 4 is 37.6 Å². The Morgan fingerprint density at radius 3 is 3.06 bits per heavy atom. The van der Waals surface area contributed by atoms with Gasteiger partial charge in [-0.1, -0.05) is 11.6 Å². The highest BCUT2D eigenvalue weighted by Gasteiger charge is 2.26. The molecule has 6 nitrogen and oxygen atoms in total. The van der Waals surface area contributed by atoms with Crippen molar-refractivity contribution in [3.05, 3.63) is 15.7 Å². The van der Waals surface area contributed by atoms with Gasteiger partial charge in [0.2, 0.25) is 0 Å². The summed E-state index contributed by atoms with van der Waals surface area (Å²) in [6.45, 7) is 0.0235. The maximum atomic E-state index is 10.9. The number of pyridine rings is 1. The van der Waals surface area contributed by atoms with Crippen molar-refractivity contribution in [3.8, 4) is 11.6 Å². The van der Waals surface area contributed by atoms with Crippen molar-refractivity contribution in [2.24, 2.45) is 0 Å². The van der Waals surface area contributed by atoms with Crippen molar-refractivity contribution < 1.29 is 22.1 Å². The standard InChI is InChI=1S/C9H9BrClNO5S/c1-18(13,14)16-4-5-3-15-9-8(17-5)6(10)2-7(11)12-9/h2,5H,3-4H2,1H3/t5-/m1/s1. The number of ether oxygens (including phenoxy) is 2. The molecular weight excluding hydrogens is 350 g/mol. The number of fused-ring (bicyclic) bond motifs is 1. The molecule has 0 N–H and O–H groups in total. The first-order valence-corrected chi connectivity index (χ1v) is 7.84. The quantitative estimate of drug-likeness (QED) is 0.604. The normalized spacial score (nSPS) is 18.7. The van der Waals surface area contributed by atoms with E-state index in [1.54, 1.807) is 6.07 Å². The largest absolute Gasteiger partial charge is 0.478 e. The summed E-state index contributed by atoms with van der Waals surface area (Å²) < 4.78 is 37.9. The Bertz CT molecular complexity index is 564. The average Bonchev–Trinajstić information content (AvgIpc) is 2.25. The molecule has 0 fully saturated rings. The second-order valence-electron chi connectivity index (χ2n) is 3.60. The van der Waals surface area contributed by atoms with Gasteiger partial charge in [-0.25, -0.2) is 0 Å². The van der Waals surface area contributed by atoms with Crippen molar-refractivity contribution in [2.75, 3.05) is 19.5 Å². The first kappa shape index (κ1) is 13.9. The van der Waals surface area contributed by atoms with Gasteiger partial charge < -0.3 is 9.47 Å². The van der Waals surface area contributed by atoms with Gasteiger partial charge in [0.1, 0.15) is 18.4 Å². The van der Waals surface area contributed by atoms with E-state index in [9.17, 15) is 8.42 Å². The lowest BCUT2D eigenvalue weighted by atomic mass is 10.3. The van der Waals surface area contributed by atoms with Gasteiger partial charge in [-0.05, 0) is 22.0 Å². The molecule has 0 spiro atoms. The minimum atomic E-state index is -3.50. The van der Waals surface area contributed by atoms with Crippen LogP contribution in [0.4, 0.5) is 0 Å². The molecule has 0 saturated carbocycles. The van der Waals surface area contributed by atoms with Crippen LogP contribution in [-0.4, -0.2) is 39.0 Å². The Kier molecular flexibility index (Phi) is 4.00. The molecule has 0 amide bonds. The zero-order chi connectivity index (χ0) is 13.3. The van der Waals surface area contributed by atoms with Gasteiger partial charge in [-0.2, -0.15) is 13.4 Å². The fraction of sp³-hybridized carbons (Fsp3) is 0.444. The smallest absolute Gasteiger partial charge is 0.264 e. The molecule has 1 aliphatic rings. The molecule has 2 rings (SSSR count). The molecule has 0 saturated heterocycles. The lowest BCUT2D eigenvalue weighted by Gasteiger charge is -2.25. The third-order valence-corrected chi connectivity index (χ3v) is 3.37. The van der Waals surface area contributed by atoms with Crippen LogP contribution >= 0.6 is 27.5 Å². The van der Waals surface area contributed by atoms with E-state index in [4.69, 9.17) is 21.1 Å². The van der Waals surface area contributed by atoms with E-state index in [0.29, 0.717) is 10.2 Å². The third-order valence-electron chi connectivity index (χ3n) is 2.02. The summed E-state index contributed by atoms with van der Waals surface area (Å²) in [6.07, 6.45) is 0.452. The van der Waals surface area contributed by atoms with Gasteiger partial charge in [0.15, 0.2) is 11.9 Å². The third kappa shape index (κ3) is 3.47. The number of hydrogen-bond acceptors (Lipinski definition) is 6. The maximum Gasteiger partial charge on any atom is 0.264 e. The molecule has 18 heavy (non-hydrogen) atoms. The van der Waals surface area contributed by atoms with Crippen LogP contribution in [0.2, 0.25) is 5.15 Å². The minimum Gasteiger partial charge on any atom is -0.478 e. The molecule has 0 bridgehead atoms. The zero-order valence-electron chi connectivity index (χ0n) is 9.22. The summed E-state index contributed by atoms with van der Waals surface area (Å²) in [4.78, 5) is 3.95. The molecule has 0 radical (unpaired) electrons. The fourth-order valence-electron chi connectivity index (χ4n) is 1.31. The number of nitrogens with zero attached hydrogens (tertiary/aromatic N) is 1. The fourth-order valence-corrected chi connectivity index (χ4v) is 2.51. The Morgan fingerprint density at radius 2 is 2.39 bits per heavy atom. The van der Waals surface area contributed by atoms with Crippen molar-refractivity contribution in [3.63, 3.8) is 0 Å². The highest BCUT2D eigenvalue weighted by atomic mass is 79.9. The average molecular weight is 359 g/mol. The highest BCUT2D eigenvalue weighted by Crippen LogP contribution is 2.38. The van der Waals surface area contributed by atoms with Gasteiger partial charge in [0.05, 0.1) is 10.7 Å². The zero-order valence-corrected chi connectivity index (χ0v) is 12.4. The number of halogens is 2. The summed E-state index contributed by atoms with van der Waals surface area (Å²) in [5.41, 5.74) is 0. The van der Waals surface area contributed by atoms with Gasteiger partial charge in [-0.15, -0.1) is 0 Å². The van der Waals surface area contributed by atoms with Crippen LogP contribution in [0.15, 0.2) is 10.5 Å². The second kappa shape index (κ2) is 5.20. The maximum absolute atomic E-state index is 10.9. The Morgan fingerprint density at radius 1 is 1.67 bits per heavy atom. The first-order chi connectivity index (χ1) is 8.35. The van der Waals surface area contributed by atoms with Crippen molar-refractivity contribution in [2.45, 2.75) is 6.10 Å². The number of hydrogen-bond donors (Lipinski definition) is 0. The lowest BCUT2D eigenvalue weighted by molar-refractivity contribution is 0.0514. The topological polar surface area (TPSA) is 74.7 Å². The van der Waals surface area contributed by atoms with Gasteiger partial charge in [-0.3, -0.25) is 4.18 Å². The first-order valence-electron chi connectivity index (χ1n) is 4.85. The Balaban J connectivity index is 2.10. The van der Waals surface area contributed by atoms with Crippen molar-refractivity contribution in [1.82, 2.24) is 4.98 Å². The van der Waals surface area contributed by atoms with Crippen LogP contribution in [0, 0.1) is 0 Å². The molecule has 1 aromatic heterocycles. The monoisotopic (exact) mass is 357 g/mol. The van der Waals surface area contributed by atoms with E-state index in [2.05, 4.69) is 25.1 Å². The number of rotatable bonds is 3. The molecule has 1 aliphatic heterocycles. The molecule has 0 aromatic carbocycles. The van der Waals surface area contributed by atoms with E-state index in [0.717, 1.165) is 6.26 Å². The molecule has 0 unspecified atom stereocenters. The predicted molar refractivity (Wildman–Crippen MR) is 67.7 cm³/mol. The van der Waals surface area contributed by atoms with Crippen LogP contribution < -0.4 is 9.47 Å². The van der Waals surface area contributed by atoms with Crippen LogP contribution in [-0.2, 0) is 14.3 Å². The molecule has 0 aliphatic carbocycles. The second-order valence-corrected chi connectivity index (χ2v) is 6.49. The SMILES string of the molecule is CS(=O)(=O)OC[C@H]1COc2nc(Cl)cc(Br)c2O1. The molecular formula is C9H9BrClNO5S. The summed E-state index contributed by atoms with van der Waals surface area (Å²) in [6, 6.07) is 1.56. The van der Waals surface area contributed by atoms with E-state index < -0.39 is 16.2 Å². The molecule has 1 atom stereocenters. The number of aromatic nitrogens is 1. The van der Waals surface area contributed by atoms with Crippen LogP contribution in [0.5, 0.6) is 11.6 Å². The molecule has 100 valence electrons. The molecule has 1 aromatic rings. The summed E-state index contributed by atoms with van der Waals surface area (Å²) in [7, 11) is -3.50. The lowest BCUT2D eigenvalue weighted by Crippen LogP contribution is -2.34. The van der Waals surface area contributed by atoms with Gasteiger partial charge in [0, 0.05) is 0 Å². The van der Waals surface area contributed by atoms with Crippen molar-refractivity contribution in [1.29, 1.82) is 0 Å². The Hall–Kier alpha value is -0.570. The summed E-state index contributed by atoms with van der Waals surface area (Å²) in [5, 5.41) is 0.273. The predicted octanol–water partition coefficient (Wildman–Crippen LogP) is 1.61. The van der Waals surface area contributed by atoms with E-state index in [1.165, 1.54) is 0 Å².